The van der Waals surface area contributed by atoms with Gasteiger partial charge in [-0.1, -0.05) is 47.5 Å². The molecule has 4 heteroatoms. The fourth-order valence-electron chi connectivity index (χ4n) is 4.10. The van der Waals surface area contributed by atoms with Crippen LogP contribution in [0.4, 0.5) is 0 Å². The predicted molar refractivity (Wildman–Crippen MR) is 98.6 cm³/mol. The van der Waals surface area contributed by atoms with Crippen molar-refractivity contribution in [3.05, 3.63) is 69.7 Å². The average molecular weight is 362 g/mol. The number of nitrogens with one attached hydrogen (secondary N) is 1. The van der Waals surface area contributed by atoms with E-state index in [1.54, 1.807) is 0 Å². The lowest BCUT2D eigenvalue weighted by molar-refractivity contribution is -0.0928. The molecule has 0 radical (unpaired) electrons. The van der Waals surface area contributed by atoms with Gasteiger partial charge in [-0.3, -0.25) is 0 Å². The van der Waals surface area contributed by atoms with Gasteiger partial charge in [-0.05, 0) is 61.1 Å². The summed E-state index contributed by atoms with van der Waals surface area (Å²) in [7, 11) is 0. The maximum absolute atomic E-state index is 6.58. The number of hydrogen-bond donors (Lipinski definition) is 1. The highest BCUT2D eigenvalue weighted by Gasteiger charge is 2.45. The lowest BCUT2D eigenvalue weighted by atomic mass is 9.81. The maximum atomic E-state index is 6.58. The third-order valence-electron chi connectivity index (χ3n) is 5.29. The van der Waals surface area contributed by atoms with E-state index >= 15 is 0 Å². The first-order valence-electron chi connectivity index (χ1n) is 8.53. The first-order valence-corrected chi connectivity index (χ1v) is 9.29. The van der Waals surface area contributed by atoms with E-state index in [0.29, 0.717) is 18.7 Å². The number of hydrogen-bond acceptors (Lipinski definition) is 2. The Morgan fingerprint density at radius 3 is 2.00 bits per heavy atom. The Bertz CT molecular complexity index is 687. The van der Waals surface area contributed by atoms with Crippen LogP contribution in [-0.4, -0.2) is 12.1 Å². The zero-order valence-corrected chi connectivity index (χ0v) is 15.0. The summed E-state index contributed by atoms with van der Waals surface area (Å²) in [5.41, 5.74) is 2.15. The van der Waals surface area contributed by atoms with Crippen molar-refractivity contribution in [3.63, 3.8) is 0 Å². The number of halogens is 2. The molecule has 126 valence electrons. The average Bonchev–Trinajstić information content (AvgIpc) is 2.94. The van der Waals surface area contributed by atoms with Crippen LogP contribution in [0.5, 0.6) is 0 Å². The standard InChI is InChI=1S/C20H21Cl2NO/c21-16-5-1-14(2-6-16)13-24-20(15-3-7-17(22)8-4-15)11-18-9-10-19(12-20)23-18/h1-8,18-19,23H,9-13H2/t18-,19+,20?. The zero-order chi connectivity index (χ0) is 16.6. The van der Waals surface area contributed by atoms with E-state index in [1.807, 2.05) is 36.4 Å². The van der Waals surface area contributed by atoms with Gasteiger partial charge in [0.25, 0.3) is 0 Å². The second kappa shape index (κ2) is 6.68. The molecule has 1 N–H and O–H groups in total. The Kier molecular flexibility index (Phi) is 4.57. The first-order chi connectivity index (χ1) is 11.6. The van der Waals surface area contributed by atoms with Gasteiger partial charge in [-0.15, -0.1) is 0 Å². The molecule has 2 aliphatic heterocycles. The molecule has 0 saturated carbocycles. The SMILES string of the molecule is Clc1ccc(COC2(c3ccc(Cl)cc3)C[C@H]3CC[C@@H](C2)N3)cc1. The second-order valence-corrected chi connectivity index (χ2v) is 7.84. The van der Waals surface area contributed by atoms with E-state index in [4.69, 9.17) is 27.9 Å². The third kappa shape index (κ3) is 3.34. The topological polar surface area (TPSA) is 21.3 Å². The van der Waals surface area contributed by atoms with Crippen molar-refractivity contribution in [1.82, 2.24) is 5.32 Å². The van der Waals surface area contributed by atoms with Gasteiger partial charge in [0, 0.05) is 22.1 Å². The molecule has 24 heavy (non-hydrogen) atoms. The number of benzene rings is 2. The highest BCUT2D eigenvalue weighted by molar-refractivity contribution is 6.30. The lowest BCUT2D eigenvalue weighted by Crippen LogP contribution is -2.48. The smallest absolute Gasteiger partial charge is 0.0965 e. The quantitative estimate of drug-likeness (QED) is 0.795. The molecule has 2 aliphatic rings. The minimum atomic E-state index is -0.235. The van der Waals surface area contributed by atoms with Crippen LogP contribution in [0.25, 0.3) is 0 Å². The summed E-state index contributed by atoms with van der Waals surface area (Å²) in [5.74, 6) is 0. The van der Waals surface area contributed by atoms with Crippen LogP contribution in [0.15, 0.2) is 48.5 Å². The van der Waals surface area contributed by atoms with Crippen LogP contribution in [0.1, 0.15) is 36.8 Å². The fraction of sp³-hybridized carbons (Fsp3) is 0.400. The van der Waals surface area contributed by atoms with Crippen molar-refractivity contribution in [3.8, 4) is 0 Å². The predicted octanol–water partition coefficient (Wildman–Crippen LogP) is 5.32. The third-order valence-corrected chi connectivity index (χ3v) is 5.79. The molecule has 3 atom stereocenters. The first kappa shape index (κ1) is 16.4. The van der Waals surface area contributed by atoms with E-state index in [1.165, 1.54) is 18.4 Å². The molecular weight excluding hydrogens is 341 g/mol. The van der Waals surface area contributed by atoms with E-state index < -0.39 is 0 Å². The van der Waals surface area contributed by atoms with Crippen LogP contribution in [0, 0.1) is 0 Å². The van der Waals surface area contributed by atoms with Gasteiger partial charge in [0.05, 0.1) is 12.2 Å². The van der Waals surface area contributed by atoms with Crippen LogP contribution in [0.2, 0.25) is 10.0 Å². The van der Waals surface area contributed by atoms with Crippen molar-refractivity contribution >= 4 is 23.2 Å². The molecule has 2 saturated heterocycles. The van der Waals surface area contributed by atoms with E-state index in [2.05, 4.69) is 17.4 Å². The van der Waals surface area contributed by atoms with Crippen molar-refractivity contribution in [2.45, 2.75) is 50.0 Å². The maximum Gasteiger partial charge on any atom is 0.0965 e. The summed E-state index contributed by atoms with van der Waals surface area (Å²) in [6.45, 7) is 0.596. The van der Waals surface area contributed by atoms with Gasteiger partial charge >= 0.3 is 0 Å². The van der Waals surface area contributed by atoms with Crippen LogP contribution < -0.4 is 5.32 Å². The van der Waals surface area contributed by atoms with Gasteiger partial charge in [0.15, 0.2) is 0 Å². The van der Waals surface area contributed by atoms with Crippen molar-refractivity contribution in [2.75, 3.05) is 0 Å². The summed E-state index contributed by atoms with van der Waals surface area (Å²) in [5, 5.41) is 5.23. The molecule has 2 bridgehead atoms. The van der Waals surface area contributed by atoms with E-state index in [9.17, 15) is 0 Å². The van der Waals surface area contributed by atoms with Gasteiger partial charge in [0.2, 0.25) is 0 Å². The Morgan fingerprint density at radius 2 is 1.42 bits per heavy atom. The Hall–Kier alpha value is -1.06. The molecule has 1 unspecified atom stereocenters. The Balaban J connectivity index is 1.60. The van der Waals surface area contributed by atoms with Gasteiger partial charge < -0.3 is 10.1 Å². The molecular formula is C20H21Cl2NO. The van der Waals surface area contributed by atoms with E-state index in [0.717, 1.165) is 28.5 Å². The number of ether oxygens (including phenoxy) is 1. The van der Waals surface area contributed by atoms with Gasteiger partial charge in [-0.25, -0.2) is 0 Å². The van der Waals surface area contributed by atoms with Crippen molar-refractivity contribution < 1.29 is 4.74 Å². The van der Waals surface area contributed by atoms with Crippen molar-refractivity contribution in [1.29, 1.82) is 0 Å². The van der Waals surface area contributed by atoms with Crippen LogP contribution in [0.3, 0.4) is 0 Å². The zero-order valence-electron chi connectivity index (χ0n) is 13.5. The largest absolute Gasteiger partial charge is 0.365 e. The monoisotopic (exact) mass is 361 g/mol. The van der Waals surface area contributed by atoms with Crippen LogP contribution in [-0.2, 0) is 16.9 Å². The number of piperidine rings is 1. The molecule has 2 nitrogen and oxygen atoms in total. The normalized spacial score (nSPS) is 28.9. The van der Waals surface area contributed by atoms with Crippen molar-refractivity contribution in [2.24, 2.45) is 0 Å². The number of fused-ring (bicyclic) bond motifs is 2. The second-order valence-electron chi connectivity index (χ2n) is 6.96. The molecule has 2 fully saturated rings. The molecule has 0 amide bonds. The molecule has 0 aliphatic carbocycles. The molecule has 2 aromatic rings. The summed E-state index contributed by atoms with van der Waals surface area (Å²) in [6.07, 6.45) is 4.51. The minimum Gasteiger partial charge on any atom is -0.365 e. The Labute approximate surface area is 153 Å². The lowest BCUT2D eigenvalue weighted by Gasteiger charge is -2.41. The summed E-state index contributed by atoms with van der Waals surface area (Å²) < 4.78 is 6.58. The van der Waals surface area contributed by atoms with Crippen LogP contribution >= 0.6 is 23.2 Å². The molecule has 0 spiro atoms. The number of rotatable bonds is 4. The fourth-order valence-corrected chi connectivity index (χ4v) is 4.35. The molecule has 4 rings (SSSR count). The summed E-state index contributed by atoms with van der Waals surface area (Å²) in [4.78, 5) is 0. The highest BCUT2D eigenvalue weighted by atomic mass is 35.5. The van der Waals surface area contributed by atoms with Gasteiger partial charge in [-0.2, -0.15) is 0 Å². The van der Waals surface area contributed by atoms with E-state index in [-0.39, 0.29) is 5.60 Å². The molecule has 2 aromatic carbocycles. The summed E-state index contributed by atoms with van der Waals surface area (Å²) >= 11 is 12.1. The Morgan fingerprint density at radius 1 is 0.875 bits per heavy atom. The summed E-state index contributed by atoms with van der Waals surface area (Å²) in [6, 6.07) is 17.2. The minimum absolute atomic E-state index is 0.235. The van der Waals surface area contributed by atoms with Gasteiger partial charge in [0.1, 0.15) is 0 Å². The highest BCUT2D eigenvalue weighted by Crippen LogP contribution is 2.44. The molecule has 0 aromatic heterocycles. The molecule has 2 heterocycles.